The average molecular weight is 313 g/mol. The summed E-state index contributed by atoms with van der Waals surface area (Å²) in [4.78, 5) is 21.1. The number of hydrogen-bond donors (Lipinski definition) is 0. The molecule has 0 radical (unpaired) electrons. The first kappa shape index (κ1) is 16.0. The van der Waals surface area contributed by atoms with Gasteiger partial charge in [-0.1, -0.05) is 11.6 Å². The normalized spacial score (nSPS) is 20.2. The Hall–Kier alpha value is -1.84. The van der Waals surface area contributed by atoms with Crippen LogP contribution in [0.25, 0.3) is 0 Å². The minimum absolute atomic E-state index is 0.200. The van der Waals surface area contributed by atoms with E-state index in [2.05, 4.69) is 41.9 Å². The van der Waals surface area contributed by atoms with Gasteiger partial charge in [0.1, 0.15) is 0 Å². The van der Waals surface area contributed by atoms with Gasteiger partial charge in [0.25, 0.3) is 0 Å². The van der Waals surface area contributed by atoms with Crippen LogP contribution in [0.1, 0.15) is 38.8 Å². The molecule has 2 aliphatic heterocycles. The Balaban J connectivity index is 1.62. The van der Waals surface area contributed by atoms with E-state index >= 15 is 0 Å². The zero-order chi connectivity index (χ0) is 16.4. The van der Waals surface area contributed by atoms with Crippen molar-refractivity contribution in [3.05, 3.63) is 35.7 Å². The second kappa shape index (κ2) is 6.34. The fourth-order valence-electron chi connectivity index (χ4n) is 3.74. The molecule has 124 valence electrons. The smallest absolute Gasteiger partial charge is 0.223 e. The number of carbonyl (C=O) groups excluding carboxylic acids is 1. The summed E-state index contributed by atoms with van der Waals surface area (Å²) in [5.74, 6) is 0.329. The average Bonchev–Trinajstić information content (AvgIpc) is 2.81. The number of aryl methyl sites for hydroxylation is 1. The van der Waals surface area contributed by atoms with Crippen LogP contribution < -0.4 is 4.90 Å². The number of hydrogen-bond acceptors (Lipinski definition) is 3. The van der Waals surface area contributed by atoms with E-state index in [0.29, 0.717) is 5.91 Å². The molecule has 4 heteroatoms. The van der Waals surface area contributed by atoms with Crippen LogP contribution in [0.15, 0.2) is 30.0 Å². The highest BCUT2D eigenvalue weighted by Crippen LogP contribution is 2.41. The second-order valence-electron chi connectivity index (χ2n) is 7.37. The molecule has 2 fully saturated rings. The molecular weight excluding hydrogens is 286 g/mol. The van der Waals surface area contributed by atoms with Gasteiger partial charge in [-0.2, -0.15) is 0 Å². The first-order valence-corrected chi connectivity index (χ1v) is 8.56. The number of likely N-dealkylation sites (tertiary alicyclic amines) is 1. The largest absolute Gasteiger partial charge is 0.371 e. The molecule has 3 rings (SSSR count). The molecule has 23 heavy (non-hydrogen) atoms. The zero-order valence-electron chi connectivity index (χ0n) is 14.5. The monoisotopic (exact) mass is 313 g/mol. The van der Waals surface area contributed by atoms with Gasteiger partial charge in [0.05, 0.1) is 0 Å². The van der Waals surface area contributed by atoms with Gasteiger partial charge in [-0.3, -0.25) is 9.78 Å². The molecule has 1 amide bonds. The van der Waals surface area contributed by atoms with Crippen molar-refractivity contribution in [2.24, 2.45) is 5.41 Å². The first-order valence-electron chi connectivity index (χ1n) is 8.56. The number of aromatic nitrogens is 1. The molecule has 1 aromatic rings. The van der Waals surface area contributed by atoms with Crippen LogP contribution >= 0.6 is 0 Å². The van der Waals surface area contributed by atoms with Crippen molar-refractivity contribution in [2.75, 3.05) is 31.1 Å². The minimum atomic E-state index is 0.200. The molecule has 0 saturated carbocycles. The molecule has 0 N–H and O–H groups in total. The summed E-state index contributed by atoms with van der Waals surface area (Å²) in [5, 5.41) is 0. The van der Waals surface area contributed by atoms with E-state index in [1.807, 2.05) is 18.0 Å². The van der Waals surface area contributed by atoms with Crippen LogP contribution in [0, 0.1) is 12.3 Å². The number of carbonyl (C=O) groups is 1. The third-order valence-corrected chi connectivity index (χ3v) is 5.19. The number of rotatable bonds is 3. The summed E-state index contributed by atoms with van der Waals surface area (Å²) < 4.78 is 0. The maximum absolute atomic E-state index is 12.3. The summed E-state index contributed by atoms with van der Waals surface area (Å²) in [6.45, 7) is 9.98. The molecular formula is C19H27N3O. The van der Waals surface area contributed by atoms with Crippen molar-refractivity contribution < 1.29 is 4.79 Å². The van der Waals surface area contributed by atoms with Crippen LogP contribution in [-0.2, 0) is 4.79 Å². The second-order valence-corrected chi connectivity index (χ2v) is 7.37. The van der Waals surface area contributed by atoms with Crippen LogP contribution in [0.4, 0.5) is 5.69 Å². The van der Waals surface area contributed by atoms with E-state index in [0.717, 1.165) is 51.1 Å². The van der Waals surface area contributed by atoms with Crippen molar-refractivity contribution in [1.29, 1.82) is 0 Å². The van der Waals surface area contributed by atoms with Crippen molar-refractivity contribution in [2.45, 2.75) is 40.0 Å². The van der Waals surface area contributed by atoms with Crippen molar-refractivity contribution in [3.63, 3.8) is 0 Å². The maximum Gasteiger partial charge on any atom is 0.223 e. The highest BCUT2D eigenvalue weighted by molar-refractivity contribution is 5.79. The topological polar surface area (TPSA) is 36.4 Å². The lowest BCUT2D eigenvalue weighted by Crippen LogP contribution is -2.41. The van der Waals surface area contributed by atoms with Gasteiger partial charge in [-0.25, -0.2) is 0 Å². The highest BCUT2D eigenvalue weighted by atomic mass is 16.2. The highest BCUT2D eigenvalue weighted by Gasteiger charge is 2.44. The van der Waals surface area contributed by atoms with Gasteiger partial charge in [0.2, 0.25) is 5.91 Å². The third-order valence-electron chi connectivity index (χ3n) is 5.19. The quantitative estimate of drug-likeness (QED) is 0.804. The number of anilines is 1. The summed E-state index contributed by atoms with van der Waals surface area (Å²) in [6.07, 6.45) is 6.98. The minimum Gasteiger partial charge on any atom is -0.371 e. The molecule has 0 aliphatic carbocycles. The number of nitrogens with zero attached hydrogens (tertiary/aromatic N) is 3. The van der Waals surface area contributed by atoms with Gasteiger partial charge in [-0.15, -0.1) is 0 Å². The number of allylic oxidation sites excluding steroid dienone is 1. The Morgan fingerprint density at radius 3 is 2.74 bits per heavy atom. The van der Waals surface area contributed by atoms with E-state index in [9.17, 15) is 4.79 Å². The van der Waals surface area contributed by atoms with E-state index in [1.54, 1.807) is 0 Å². The maximum atomic E-state index is 12.3. The molecule has 0 unspecified atom stereocenters. The predicted octanol–water partition coefficient (Wildman–Crippen LogP) is 3.18. The molecule has 4 nitrogen and oxygen atoms in total. The van der Waals surface area contributed by atoms with E-state index in [1.165, 1.54) is 11.3 Å². The van der Waals surface area contributed by atoms with E-state index in [-0.39, 0.29) is 5.41 Å². The summed E-state index contributed by atoms with van der Waals surface area (Å²) in [6, 6.07) is 4.24. The van der Waals surface area contributed by atoms with Crippen LogP contribution in [0.3, 0.4) is 0 Å². The van der Waals surface area contributed by atoms with E-state index < -0.39 is 0 Å². The molecule has 0 aromatic carbocycles. The molecule has 0 atom stereocenters. The van der Waals surface area contributed by atoms with Crippen molar-refractivity contribution in [3.8, 4) is 0 Å². The zero-order valence-corrected chi connectivity index (χ0v) is 14.5. The molecule has 1 spiro atoms. The Kier molecular flexibility index (Phi) is 4.42. The SMILES string of the molecule is CC(C)=CCN1CC2(CCN(c3ccnc(C)c3)CC2)CC1=O. The first-order chi connectivity index (χ1) is 11.0. The van der Waals surface area contributed by atoms with Crippen LogP contribution in [0.2, 0.25) is 0 Å². The fraction of sp³-hybridized carbons (Fsp3) is 0.579. The van der Waals surface area contributed by atoms with E-state index in [4.69, 9.17) is 0 Å². The molecule has 0 bridgehead atoms. The lowest BCUT2D eigenvalue weighted by atomic mass is 9.77. The van der Waals surface area contributed by atoms with Gasteiger partial charge < -0.3 is 9.80 Å². The lowest BCUT2D eigenvalue weighted by molar-refractivity contribution is -0.127. The lowest BCUT2D eigenvalue weighted by Gasteiger charge is -2.40. The standard InChI is InChI=1S/C19H27N3O/c1-15(2)5-9-22-14-19(13-18(22)23)6-10-21(11-7-19)17-4-8-20-16(3)12-17/h4-5,8,12H,6-7,9-11,13-14H2,1-3H3. The summed E-state index contributed by atoms with van der Waals surface area (Å²) >= 11 is 0. The van der Waals surface area contributed by atoms with Gasteiger partial charge in [-0.05, 0) is 45.7 Å². The number of pyridine rings is 1. The van der Waals surface area contributed by atoms with Crippen LogP contribution in [0.5, 0.6) is 0 Å². The van der Waals surface area contributed by atoms with Gasteiger partial charge in [0.15, 0.2) is 0 Å². The van der Waals surface area contributed by atoms with Gasteiger partial charge in [0, 0.05) is 55.6 Å². The predicted molar refractivity (Wildman–Crippen MR) is 93.5 cm³/mol. The molecule has 3 heterocycles. The molecule has 2 saturated heterocycles. The molecule has 2 aliphatic rings. The van der Waals surface area contributed by atoms with Gasteiger partial charge >= 0.3 is 0 Å². The summed E-state index contributed by atoms with van der Waals surface area (Å²) in [5.41, 5.74) is 3.80. The molecule has 1 aromatic heterocycles. The Bertz CT molecular complexity index is 611. The third kappa shape index (κ3) is 3.57. The van der Waals surface area contributed by atoms with Crippen LogP contribution in [-0.4, -0.2) is 42.0 Å². The van der Waals surface area contributed by atoms with Crippen molar-refractivity contribution in [1.82, 2.24) is 9.88 Å². The number of amides is 1. The number of piperidine rings is 1. The van der Waals surface area contributed by atoms with Crippen molar-refractivity contribution >= 4 is 11.6 Å². The fourth-order valence-corrected chi connectivity index (χ4v) is 3.74. The Labute approximate surface area is 139 Å². The Morgan fingerprint density at radius 1 is 1.35 bits per heavy atom. The Morgan fingerprint density at radius 2 is 2.09 bits per heavy atom. The summed E-state index contributed by atoms with van der Waals surface area (Å²) in [7, 11) is 0.